The van der Waals surface area contributed by atoms with Crippen molar-refractivity contribution in [1.29, 1.82) is 0 Å². The number of aromatic nitrogens is 1. The lowest BCUT2D eigenvalue weighted by Gasteiger charge is -2.30. The van der Waals surface area contributed by atoms with E-state index in [1.54, 1.807) is 42.3 Å². The maximum atomic E-state index is 13.1. The zero-order chi connectivity index (χ0) is 23.2. The average molecular weight is 471 g/mol. The standard InChI is InChI=1S/C24H27ClN4O4/c1-32-21-7-2-17-14-18(23(30)27-22(17)15-21)16-29(9-8-28-10-12-33-13-11-28)24(31)26-20-5-3-19(25)4-6-20/h2-7,14-15H,8-13,16H2,1H3,(H,26,31)(H,27,30). The molecule has 0 saturated carbocycles. The molecule has 1 saturated heterocycles. The van der Waals surface area contributed by atoms with E-state index in [1.807, 2.05) is 18.2 Å². The van der Waals surface area contributed by atoms with Crippen molar-refractivity contribution < 1.29 is 14.3 Å². The third kappa shape index (κ3) is 6.04. The minimum absolute atomic E-state index is 0.182. The number of aromatic amines is 1. The van der Waals surface area contributed by atoms with Gasteiger partial charge in [0.25, 0.3) is 5.56 Å². The molecule has 1 aliphatic rings. The van der Waals surface area contributed by atoms with Crippen LogP contribution in [0.2, 0.25) is 5.02 Å². The Morgan fingerprint density at radius 2 is 1.94 bits per heavy atom. The summed E-state index contributed by atoms with van der Waals surface area (Å²) < 4.78 is 10.6. The molecule has 9 heteroatoms. The van der Waals surface area contributed by atoms with E-state index in [0.29, 0.717) is 53.8 Å². The number of methoxy groups -OCH3 is 1. The van der Waals surface area contributed by atoms with Gasteiger partial charge in [0.15, 0.2) is 0 Å². The largest absolute Gasteiger partial charge is 0.497 e. The fourth-order valence-corrected chi connectivity index (χ4v) is 3.88. The number of anilines is 1. The average Bonchev–Trinajstić information content (AvgIpc) is 2.83. The molecule has 0 aliphatic carbocycles. The third-order valence-corrected chi connectivity index (χ3v) is 5.92. The summed E-state index contributed by atoms with van der Waals surface area (Å²) in [4.78, 5) is 32.8. The van der Waals surface area contributed by atoms with Crippen LogP contribution in [-0.2, 0) is 11.3 Å². The molecule has 2 heterocycles. The van der Waals surface area contributed by atoms with Crippen LogP contribution in [0, 0.1) is 0 Å². The van der Waals surface area contributed by atoms with Gasteiger partial charge in [-0.3, -0.25) is 9.69 Å². The molecule has 2 amide bonds. The minimum Gasteiger partial charge on any atom is -0.497 e. The third-order valence-electron chi connectivity index (χ3n) is 5.66. The topological polar surface area (TPSA) is 86.9 Å². The highest BCUT2D eigenvalue weighted by Gasteiger charge is 2.19. The van der Waals surface area contributed by atoms with E-state index in [9.17, 15) is 9.59 Å². The second kappa shape index (κ2) is 10.7. The fraction of sp³-hybridized carbons (Fsp3) is 0.333. The Morgan fingerprint density at radius 1 is 1.18 bits per heavy atom. The Bertz CT molecular complexity index is 1160. The van der Waals surface area contributed by atoms with Crippen molar-refractivity contribution >= 4 is 34.2 Å². The maximum absolute atomic E-state index is 13.1. The molecule has 1 aliphatic heterocycles. The lowest BCUT2D eigenvalue weighted by atomic mass is 10.1. The van der Waals surface area contributed by atoms with Gasteiger partial charge in [0.2, 0.25) is 0 Å². The zero-order valence-corrected chi connectivity index (χ0v) is 19.2. The zero-order valence-electron chi connectivity index (χ0n) is 18.5. The molecule has 174 valence electrons. The molecular formula is C24H27ClN4O4. The van der Waals surface area contributed by atoms with Gasteiger partial charge in [0.1, 0.15) is 5.75 Å². The van der Waals surface area contributed by atoms with Crippen molar-refractivity contribution in [3.05, 3.63) is 69.5 Å². The van der Waals surface area contributed by atoms with Gasteiger partial charge in [-0.05, 0) is 47.9 Å². The molecule has 2 aromatic carbocycles. The number of pyridine rings is 1. The van der Waals surface area contributed by atoms with Crippen LogP contribution in [0.3, 0.4) is 0 Å². The Balaban J connectivity index is 1.55. The number of carbonyl (C=O) groups is 1. The van der Waals surface area contributed by atoms with Crippen molar-refractivity contribution in [3.8, 4) is 5.75 Å². The van der Waals surface area contributed by atoms with Crippen LogP contribution >= 0.6 is 11.6 Å². The van der Waals surface area contributed by atoms with E-state index in [1.165, 1.54) is 0 Å². The number of nitrogens with one attached hydrogen (secondary N) is 2. The number of hydrogen-bond acceptors (Lipinski definition) is 5. The molecule has 0 bridgehead atoms. The molecule has 0 unspecified atom stereocenters. The van der Waals surface area contributed by atoms with E-state index in [2.05, 4.69) is 15.2 Å². The van der Waals surface area contributed by atoms with Gasteiger partial charge in [-0.25, -0.2) is 4.79 Å². The first-order valence-corrected chi connectivity index (χ1v) is 11.2. The Kier molecular flexibility index (Phi) is 7.49. The Hall–Kier alpha value is -3.07. The molecule has 2 N–H and O–H groups in total. The SMILES string of the molecule is COc1ccc2cc(CN(CCN3CCOCC3)C(=O)Nc3ccc(Cl)cc3)c(=O)[nH]c2c1. The fourth-order valence-electron chi connectivity index (χ4n) is 3.75. The number of urea groups is 1. The number of benzene rings is 2. The number of fused-ring (bicyclic) bond motifs is 1. The molecule has 0 atom stereocenters. The first kappa shape index (κ1) is 23.1. The van der Waals surface area contributed by atoms with Crippen molar-refractivity contribution in [2.24, 2.45) is 0 Å². The number of nitrogens with zero attached hydrogens (tertiary/aromatic N) is 2. The molecule has 1 fully saturated rings. The van der Waals surface area contributed by atoms with Crippen LogP contribution in [0.4, 0.5) is 10.5 Å². The minimum atomic E-state index is -0.278. The van der Waals surface area contributed by atoms with Gasteiger partial charge in [0, 0.05) is 48.5 Å². The Labute approximate surface area is 197 Å². The smallest absolute Gasteiger partial charge is 0.322 e. The molecule has 1 aromatic heterocycles. The predicted octanol–water partition coefficient (Wildman–Crippen LogP) is 3.56. The summed E-state index contributed by atoms with van der Waals surface area (Å²) in [6.07, 6.45) is 0. The number of amides is 2. The molecule has 33 heavy (non-hydrogen) atoms. The summed E-state index contributed by atoms with van der Waals surface area (Å²) in [5.41, 5.74) is 1.61. The van der Waals surface area contributed by atoms with Gasteiger partial charge < -0.3 is 24.7 Å². The summed E-state index contributed by atoms with van der Waals surface area (Å²) in [5.74, 6) is 0.667. The normalized spacial score (nSPS) is 14.2. The lowest BCUT2D eigenvalue weighted by molar-refractivity contribution is 0.0349. The second-order valence-electron chi connectivity index (χ2n) is 7.89. The monoisotopic (exact) mass is 470 g/mol. The van der Waals surface area contributed by atoms with Gasteiger partial charge in [0.05, 0.1) is 32.4 Å². The van der Waals surface area contributed by atoms with E-state index < -0.39 is 0 Å². The first-order valence-electron chi connectivity index (χ1n) is 10.8. The van der Waals surface area contributed by atoms with E-state index in [4.69, 9.17) is 21.1 Å². The van der Waals surface area contributed by atoms with Gasteiger partial charge >= 0.3 is 6.03 Å². The quantitative estimate of drug-likeness (QED) is 0.551. The van der Waals surface area contributed by atoms with Crippen LogP contribution in [0.1, 0.15) is 5.56 Å². The number of hydrogen-bond donors (Lipinski definition) is 2. The molecule has 0 spiro atoms. The number of rotatable bonds is 7. The molecular weight excluding hydrogens is 444 g/mol. The van der Waals surface area contributed by atoms with Crippen LogP contribution < -0.4 is 15.6 Å². The number of ether oxygens (including phenoxy) is 2. The van der Waals surface area contributed by atoms with Crippen LogP contribution in [-0.4, -0.2) is 67.3 Å². The Morgan fingerprint density at radius 3 is 2.67 bits per heavy atom. The summed E-state index contributed by atoms with van der Waals surface area (Å²) in [7, 11) is 1.58. The van der Waals surface area contributed by atoms with Crippen LogP contribution in [0.25, 0.3) is 10.9 Å². The number of halogens is 1. The molecule has 4 rings (SSSR count). The van der Waals surface area contributed by atoms with Crippen LogP contribution in [0.15, 0.2) is 53.3 Å². The van der Waals surface area contributed by atoms with Gasteiger partial charge in [-0.2, -0.15) is 0 Å². The van der Waals surface area contributed by atoms with Crippen LogP contribution in [0.5, 0.6) is 5.75 Å². The highest BCUT2D eigenvalue weighted by Crippen LogP contribution is 2.19. The number of carbonyl (C=O) groups excluding carboxylic acids is 1. The number of H-pyrrole nitrogens is 1. The van der Waals surface area contributed by atoms with E-state index >= 15 is 0 Å². The van der Waals surface area contributed by atoms with E-state index in [-0.39, 0.29) is 18.1 Å². The highest BCUT2D eigenvalue weighted by molar-refractivity contribution is 6.30. The predicted molar refractivity (Wildman–Crippen MR) is 129 cm³/mol. The van der Waals surface area contributed by atoms with Crippen molar-refractivity contribution in [2.75, 3.05) is 51.8 Å². The van der Waals surface area contributed by atoms with Crippen molar-refractivity contribution in [2.45, 2.75) is 6.54 Å². The maximum Gasteiger partial charge on any atom is 0.322 e. The van der Waals surface area contributed by atoms with Crippen molar-refractivity contribution in [1.82, 2.24) is 14.8 Å². The summed E-state index contributed by atoms with van der Waals surface area (Å²) in [6.45, 7) is 4.37. The molecule has 3 aromatic rings. The highest BCUT2D eigenvalue weighted by atomic mass is 35.5. The summed E-state index contributed by atoms with van der Waals surface area (Å²) in [6, 6.07) is 14.0. The summed E-state index contributed by atoms with van der Waals surface area (Å²) in [5, 5.41) is 4.37. The van der Waals surface area contributed by atoms with E-state index in [0.717, 1.165) is 18.5 Å². The lowest BCUT2D eigenvalue weighted by Crippen LogP contribution is -2.44. The summed E-state index contributed by atoms with van der Waals surface area (Å²) >= 11 is 5.95. The second-order valence-corrected chi connectivity index (χ2v) is 8.33. The molecule has 8 nitrogen and oxygen atoms in total. The molecule has 0 radical (unpaired) electrons. The van der Waals surface area contributed by atoms with Gasteiger partial charge in [-0.1, -0.05) is 11.6 Å². The van der Waals surface area contributed by atoms with Crippen molar-refractivity contribution in [3.63, 3.8) is 0 Å². The van der Waals surface area contributed by atoms with Gasteiger partial charge in [-0.15, -0.1) is 0 Å². The number of morpholine rings is 1. The first-order chi connectivity index (χ1) is 16.0.